The van der Waals surface area contributed by atoms with E-state index >= 15 is 0 Å². The van der Waals surface area contributed by atoms with Crippen LogP contribution in [0, 0.1) is 5.92 Å². The molecule has 0 aliphatic carbocycles. The predicted molar refractivity (Wildman–Crippen MR) is 108 cm³/mol. The van der Waals surface area contributed by atoms with Gasteiger partial charge in [-0.05, 0) is 61.8 Å². The number of hydrogen-bond acceptors (Lipinski definition) is 3. The van der Waals surface area contributed by atoms with Crippen molar-refractivity contribution in [2.24, 2.45) is 5.92 Å². The molecule has 1 fully saturated rings. The van der Waals surface area contributed by atoms with Crippen LogP contribution in [0.2, 0.25) is 5.02 Å². The SMILES string of the molecule is CCN1CCC(CNCc2cccc(NC(=O)c3ccccc3Cl)c2)C1. The number of carbonyl (C=O) groups is 1. The molecule has 5 heteroatoms. The second-order valence-electron chi connectivity index (χ2n) is 6.81. The third-order valence-corrected chi connectivity index (χ3v) is 5.21. The highest BCUT2D eigenvalue weighted by molar-refractivity contribution is 6.34. The van der Waals surface area contributed by atoms with Gasteiger partial charge in [-0.25, -0.2) is 0 Å². The number of halogens is 1. The Morgan fingerprint density at radius 2 is 2.08 bits per heavy atom. The van der Waals surface area contributed by atoms with E-state index in [0.29, 0.717) is 10.6 Å². The molecule has 1 heterocycles. The summed E-state index contributed by atoms with van der Waals surface area (Å²) in [5.41, 5.74) is 2.43. The van der Waals surface area contributed by atoms with Gasteiger partial charge in [-0.2, -0.15) is 0 Å². The van der Waals surface area contributed by atoms with Crippen LogP contribution in [-0.2, 0) is 6.54 Å². The van der Waals surface area contributed by atoms with Crippen molar-refractivity contribution in [2.75, 3.05) is 31.5 Å². The Morgan fingerprint density at radius 3 is 2.85 bits per heavy atom. The van der Waals surface area contributed by atoms with Crippen LogP contribution < -0.4 is 10.6 Å². The minimum Gasteiger partial charge on any atom is -0.322 e. The molecular formula is C21H26ClN3O. The van der Waals surface area contributed by atoms with Crippen LogP contribution in [0.25, 0.3) is 0 Å². The van der Waals surface area contributed by atoms with Crippen LogP contribution in [0.3, 0.4) is 0 Å². The summed E-state index contributed by atoms with van der Waals surface area (Å²) in [6, 6.07) is 15.0. The Hall–Kier alpha value is -1.88. The molecule has 0 bridgehead atoms. The average Bonchev–Trinajstić information content (AvgIpc) is 3.10. The Labute approximate surface area is 160 Å². The summed E-state index contributed by atoms with van der Waals surface area (Å²) < 4.78 is 0. The van der Waals surface area contributed by atoms with E-state index in [1.807, 2.05) is 30.3 Å². The molecule has 1 atom stereocenters. The van der Waals surface area contributed by atoms with Crippen LogP contribution in [0.1, 0.15) is 29.3 Å². The van der Waals surface area contributed by atoms with Crippen LogP contribution in [-0.4, -0.2) is 37.0 Å². The Balaban J connectivity index is 1.52. The molecule has 1 unspecified atom stereocenters. The minimum absolute atomic E-state index is 0.189. The maximum Gasteiger partial charge on any atom is 0.257 e. The van der Waals surface area contributed by atoms with E-state index in [0.717, 1.165) is 36.8 Å². The lowest BCUT2D eigenvalue weighted by Crippen LogP contribution is -2.26. The van der Waals surface area contributed by atoms with Crippen molar-refractivity contribution in [1.82, 2.24) is 10.2 Å². The Kier molecular flexibility index (Phi) is 6.67. The number of nitrogens with zero attached hydrogens (tertiary/aromatic N) is 1. The van der Waals surface area contributed by atoms with Gasteiger partial charge in [0.2, 0.25) is 0 Å². The van der Waals surface area contributed by atoms with Gasteiger partial charge in [0.05, 0.1) is 10.6 Å². The number of benzene rings is 2. The molecular weight excluding hydrogens is 346 g/mol. The summed E-state index contributed by atoms with van der Waals surface area (Å²) >= 11 is 6.09. The zero-order chi connectivity index (χ0) is 18.4. The monoisotopic (exact) mass is 371 g/mol. The van der Waals surface area contributed by atoms with Crippen LogP contribution in [0.5, 0.6) is 0 Å². The van der Waals surface area contributed by atoms with Gasteiger partial charge in [-0.3, -0.25) is 4.79 Å². The second kappa shape index (κ2) is 9.17. The first kappa shape index (κ1) is 18.9. The highest BCUT2D eigenvalue weighted by Gasteiger charge is 2.20. The molecule has 1 saturated heterocycles. The van der Waals surface area contributed by atoms with E-state index in [1.54, 1.807) is 12.1 Å². The van der Waals surface area contributed by atoms with E-state index < -0.39 is 0 Å². The molecule has 26 heavy (non-hydrogen) atoms. The van der Waals surface area contributed by atoms with Crippen molar-refractivity contribution in [1.29, 1.82) is 0 Å². The zero-order valence-electron chi connectivity index (χ0n) is 15.2. The van der Waals surface area contributed by atoms with Crippen molar-refractivity contribution in [2.45, 2.75) is 19.9 Å². The van der Waals surface area contributed by atoms with Crippen LogP contribution >= 0.6 is 11.6 Å². The maximum absolute atomic E-state index is 12.4. The summed E-state index contributed by atoms with van der Waals surface area (Å²) in [7, 11) is 0. The second-order valence-corrected chi connectivity index (χ2v) is 7.22. The van der Waals surface area contributed by atoms with E-state index in [1.165, 1.54) is 19.5 Å². The summed E-state index contributed by atoms with van der Waals surface area (Å²) in [6.07, 6.45) is 1.27. The fraction of sp³-hybridized carbons (Fsp3) is 0.381. The lowest BCUT2D eigenvalue weighted by Gasteiger charge is -2.14. The van der Waals surface area contributed by atoms with Crippen molar-refractivity contribution < 1.29 is 4.79 Å². The third-order valence-electron chi connectivity index (χ3n) is 4.88. The number of carbonyl (C=O) groups excluding carboxylic acids is 1. The van der Waals surface area contributed by atoms with Gasteiger partial charge in [0.25, 0.3) is 5.91 Å². The predicted octanol–water partition coefficient (Wildman–Crippen LogP) is 4.02. The molecule has 2 N–H and O–H groups in total. The number of hydrogen-bond donors (Lipinski definition) is 2. The normalized spacial score (nSPS) is 17.4. The first-order valence-corrected chi connectivity index (χ1v) is 9.61. The molecule has 0 radical (unpaired) electrons. The number of amides is 1. The van der Waals surface area contributed by atoms with Gasteiger partial charge >= 0.3 is 0 Å². The molecule has 0 aromatic heterocycles. The van der Waals surface area contributed by atoms with Gasteiger partial charge in [-0.15, -0.1) is 0 Å². The van der Waals surface area contributed by atoms with Crippen molar-refractivity contribution >= 4 is 23.2 Å². The van der Waals surface area contributed by atoms with Gasteiger partial charge in [0.15, 0.2) is 0 Å². The molecule has 3 rings (SSSR count). The largest absolute Gasteiger partial charge is 0.322 e. The van der Waals surface area contributed by atoms with E-state index in [2.05, 4.69) is 28.5 Å². The summed E-state index contributed by atoms with van der Waals surface area (Å²) in [4.78, 5) is 14.9. The quantitative estimate of drug-likeness (QED) is 0.772. The van der Waals surface area contributed by atoms with Gasteiger partial charge in [0, 0.05) is 18.8 Å². The van der Waals surface area contributed by atoms with Crippen molar-refractivity contribution in [3.8, 4) is 0 Å². The number of nitrogens with one attached hydrogen (secondary N) is 2. The van der Waals surface area contributed by atoms with Crippen LogP contribution in [0.4, 0.5) is 5.69 Å². The number of likely N-dealkylation sites (tertiary alicyclic amines) is 1. The molecule has 1 aliphatic heterocycles. The third kappa shape index (κ3) is 5.07. The van der Waals surface area contributed by atoms with E-state index in [4.69, 9.17) is 11.6 Å². The fourth-order valence-corrected chi connectivity index (χ4v) is 3.61. The van der Waals surface area contributed by atoms with E-state index in [9.17, 15) is 4.79 Å². The molecule has 1 aliphatic rings. The minimum atomic E-state index is -0.189. The number of rotatable bonds is 7. The topological polar surface area (TPSA) is 44.4 Å². The summed E-state index contributed by atoms with van der Waals surface area (Å²) in [5.74, 6) is 0.546. The highest BCUT2D eigenvalue weighted by atomic mass is 35.5. The molecule has 4 nitrogen and oxygen atoms in total. The van der Waals surface area contributed by atoms with Gasteiger partial charge in [-0.1, -0.05) is 42.8 Å². The lowest BCUT2D eigenvalue weighted by molar-refractivity contribution is 0.102. The fourth-order valence-electron chi connectivity index (χ4n) is 3.39. The number of anilines is 1. The zero-order valence-corrected chi connectivity index (χ0v) is 15.9. The molecule has 1 amide bonds. The summed E-state index contributed by atoms with van der Waals surface area (Å²) in [6.45, 7) is 7.61. The highest BCUT2D eigenvalue weighted by Crippen LogP contribution is 2.18. The smallest absolute Gasteiger partial charge is 0.257 e. The molecule has 0 saturated carbocycles. The lowest BCUT2D eigenvalue weighted by atomic mass is 10.1. The van der Waals surface area contributed by atoms with Crippen molar-refractivity contribution in [3.63, 3.8) is 0 Å². The van der Waals surface area contributed by atoms with Gasteiger partial charge < -0.3 is 15.5 Å². The average molecular weight is 372 g/mol. The van der Waals surface area contributed by atoms with E-state index in [-0.39, 0.29) is 5.91 Å². The Bertz CT molecular complexity index is 750. The van der Waals surface area contributed by atoms with Gasteiger partial charge in [0.1, 0.15) is 0 Å². The first-order chi connectivity index (χ1) is 12.7. The van der Waals surface area contributed by atoms with Crippen LogP contribution in [0.15, 0.2) is 48.5 Å². The molecule has 0 spiro atoms. The maximum atomic E-state index is 12.4. The molecule has 2 aromatic rings. The standard InChI is InChI=1S/C21H26ClN3O/c1-2-25-11-10-17(15-25)14-23-13-16-6-5-7-18(12-16)24-21(26)19-8-3-4-9-20(19)22/h3-9,12,17,23H,2,10-11,13-15H2,1H3,(H,24,26). The Morgan fingerprint density at radius 1 is 1.23 bits per heavy atom. The summed E-state index contributed by atoms with van der Waals surface area (Å²) in [5, 5.41) is 6.93. The molecule has 2 aromatic carbocycles. The molecule has 138 valence electrons. The van der Waals surface area contributed by atoms with Crippen molar-refractivity contribution in [3.05, 3.63) is 64.7 Å². The first-order valence-electron chi connectivity index (χ1n) is 9.23.